The van der Waals surface area contributed by atoms with Crippen molar-refractivity contribution in [3.05, 3.63) is 35.6 Å². The lowest BCUT2D eigenvalue weighted by molar-refractivity contribution is 0.411. The number of halogens is 1. The van der Waals surface area contributed by atoms with Gasteiger partial charge in [0.05, 0.1) is 0 Å². The van der Waals surface area contributed by atoms with Crippen LogP contribution in [-0.4, -0.2) is 12.1 Å². The average molecular weight is 224 g/mol. The van der Waals surface area contributed by atoms with Crippen LogP contribution in [0, 0.1) is 5.82 Å². The predicted molar refractivity (Wildman–Crippen MR) is 65.7 cm³/mol. The van der Waals surface area contributed by atoms with E-state index in [0.717, 1.165) is 18.5 Å². The second-order valence-electron chi connectivity index (χ2n) is 5.12. The topological polar surface area (TPSA) is 38.0 Å². The Balaban J connectivity index is 2.41. The quantitative estimate of drug-likeness (QED) is 0.825. The molecular formula is C13H21FN2. The summed E-state index contributed by atoms with van der Waals surface area (Å²) in [6, 6.07) is 6.36. The predicted octanol–water partition coefficient (Wildman–Crippen LogP) is 2.60. The molecule has 0 spiro atoms. The Morgan fingerprint density at radius 2 is 1.81 bits per heavy atom. The molecule has 0 aliphatic heterocycles. The molecule has 0 saturated carbocycles. The van der Waals surface area contributed by atoms with Crippen molar-refractivity contribution in [3.63, 3.8) is 0 Å². The summed E-state index contributed by atoms with van der Waals surface area (Å²) in [5, 5.41) is 3.38. The molecule has 3 heteroatoms. The molecule has 0 bridgehead atoms. The molecule has 3 N–H and O–H groups in total. The Morgan fingerprint density at radius 1 is 1.25 bits per heavy atom. The second-order valence-corrected chi connectivity index (χ2v) is 5.12. The van der Waals surface area contributed by atoms with Gasteiger partial charge >= 0.3 is 0 Å². The van der Waals surface area contributed by atoms with Gasteiger partial charge in [0, 0.05) is 11.6 Å². The molecule has 0 amide bonds. The van der Waals surface area contributed by atoms with Crippen LogP contribution >= 0.6 is 0 Å². The fourth-order valence-corrected chi connectivity index (χ4v) is 1.48. The van der Waals surface area contributed by atoms with E-state index >= 15 is 0 Å². The van der Waals surface area contributed by atoms with Crippen LogP contribution in [0.4, 0.5) is 4.39 Å². The molecule has 2 nitrogen and oxygen atoms in total. The van der Waals surface area contributed by atoms with Crippen molar-refractivity contribution < 1.29 is 4.39 Å². The molecule has 1 rings (SSSR count). The van der Waals surface area contributed by atoms with E-state index in [-0.39, 0.29) is 17.4 Å². The molecule has 0 heterocycles. The lowest BCUT2D eigenvalue weighted by Crippen LogP contribution is -2.37. The SMILES string of the molecule is CC(C)(C)NCCC(N)c1ccc(F)cc1. The van der Waals surface area contributed by atoms with Gasteiger partial charge in [-0.15, -0.1) is 0 Å². The second kappa shape index (κ2) is 5.41. The number of nitrogens with two attached hydrogens (primary N) is 1. The molecule has 1 aromatic rings. The maximum atomic E-state index is 12.7. The normalized spacial score (nSPS) is 13.8. The van der Waals surface area contributed by atoms with E-state index in [1.807, 2.05) is 0 Å². The summed E-state index contributed by atoms with van der Waals surface area (Å²) in [6.07, 6.45) is 0.850. The third-order valence-corrected chi connectivity index (χ3v) is 2.41. The van der Waals surface area contributed by atoms with Crippen molar-refractivity contribution >= 4 is 0 Å². The summed E-state index contributed by atoms with van der Waals surface area (Å²) in [4.78, 5) is 0. The van der Waals surface area contributed by atoms with Gasteiger partial charge in [-0.1, -0.05) is 12.1 Å². The number of nitrogens with one attached hydrogen (secondary N) is 1. The zero-order valence-corrected chi connectivity index (χ0v) is 10.3. The van der Waals surface area contributed by atoms with Crippen molar-refractivity contribution in [2.24, 2.45) is 5.73 Å². The number of hydrogen-bond acceptors (Lipinski definition) is 2. The van der Waals surface area contributed by atoms with Crippen LogP contribution in [0.5, 0.6) is 0 Å². The first-order valence-electron chi connectivity index (χ1n) is 5.64. The number of benzene rings is 1. The fraction of sp³-hybridized carbons (Fsp3) is 0.538. The van der Waals surface area contributed by atoms with Gasteiger partial charge in [-0.05, 0) is 51.4 Å². The van der Waals surface area contributed by atoms with Crippen LogP contribution in [-0.2, 0) is 0 Å². The minimum absolute atomic E-state index is 0.0320. The third-order valence-electron chi connectivity index (χ3n) is 2.41. The molecule has 1 aromatic carbocycles. The van der Waals surface area contributed by atoms with Gasteiger partial charge in [-0.3, -0.25) is 0 Å². The lowest BCUT2D eigenvalue weighted by Gasteiger charge is -2.22. The molecule has 0 aromatic heterocycles. The Bertz CT molecular complexity index is 314. The minimum atomic E-state index is -0.219. The monoisotopic (exact) mass is 224 g/mol. The van der Waals surface area contributed by atoms with E-state index in [1.165, 1.54) is 12.1 Å². The molecule has 1 atom stereocenters. The maximum absolute atomic E-state index is 12.7. The Labute approximate surface area is 97.0 Å². The maximum Gasteiger partial charge on any atom is 0.123 e. The van der Waals surface area contributed by atoms with Gasteiger partial charge in [-0.25, -0.2) is 4.39 Å². The molecular weight excluding hydrogens is 203 g/mol. The first kappa shape index (κ1) is 13.1. The molecule has 90 valence electrons. The first-order valence-corrected chi connectivity index (χ1v) is 5.64. The summed E-state index contributed by atoms with van der Waals surface area (Å²) < 4.78 is 12.7. The Morgan fingerprint density at radius 3 is 2.31 bits per heavy atom. The Kier molecular flexibility index (Phi) is 4.44. The highest BCUT2D eigenvalue weighted by Crippen LogP contribution is 2.14. The van der Waals surface area contributed by atoms with E-state index < -0.39 is 0 Å². The van der Waals surface area contributed by atoms with Crippen LogP contribution in [0.15, 0.2) is 24.3 Å². The standard InChI is InChI=1S/C13H21FN2/c1-13(2,3)16-9-8-12(15)10-4-6-11(14)7-5-10/h4-7,12,16H,8-9,15H2,1-3H3. The van der Waals surface area contributed by atoms with Gasteiger partial charge in [0.25, 0.3) is 0 Å². The molecule has 0 saturated heterocycles. The van der Waals surface area contributed by atoms with Gasteiger partial charge < -0.3 is 11.1 Å². The van der Waals surface area contributed by atoms with E-state index in [1.54, 1.807) is 12.1 Å². The highest BCUT2D eigenvalue weighted by Gasteiger charge is 2.10. The van der Waals surface area contributed by atoms with Crippen LogP contribution in [0.3, 0.4) is 0 Å². The smallest absolute Gasteiger partial charge is 0.123 e. The van der Waals surface area contributed by atoms with Crippen molar-refractivity contribution in [2.75, 3.05) is 6.54 Å². The van der Waals surface area contributed by atoms with Crippen molar-refractivity contribution in [1.82, 2.24) is 5.32 Å². The summed E-state index contributed by atoms with van der Waals surface area (Å²) in [5.74, 6) is -0.219. The summed E-state index contributed by atoms with van der Waals surface area (Å²) >= 11 is 0. The number of rotatable bonds is 4. The number of hydrogen-bond donors (Lipinski definition) is 2. The molecule has 0 radical (unpaired) electrons. The zero-order chi connectivity index (χ0) is 12.2. The molecule has 1 unspecified atom stereocenters. The van der Waals surface area contributed by atoms with Gasteiger partial charge in [0.15, 0.2) is 0 Å². The van der Waals surface area contributed by atoms with E-state index in [2.05, 4.69) is 26.1 Å². The summed E-state index contributed by atoms with van der Waals surface area (Å²) in [7, 11) is 0. The molecule has 16 heavy (non-hydrogen) atoms. The third kappa shape index (κ3) is 4.73. The fourth-order valence-electron chi connectivity index (χ4n) is 1.48. The van der Waals surface area contributed by atoms with E-state index in [0.29, 0.717) is 0 Å². The summed E-state index contributed by atoms with van der Waals surface area (Å²) in [6.45, 7) is 7.23. The molecule has 0 aliphatic rings. The highest BCUT2D eigenvalue weighted by molar-refractivity contribution is 5.19. The highest BCUT2D eigenvalue weighted by atomic mass is 19.1. The van der Waals surface area contributed by atoms with Crippen molar-refractivity contribution in [3.8, 4) is 0 Å². The van der Waals surface area contributed by atoms with Crippen LogP contribution in [0.1, 0.15) is 38.8 Å². The van der Waals surface area contributed by atoms with E-state index in [4.69, 9.17) is 5.73 Å². The lowest BCUT2D eigenvalue weighted by atomic mass is 10.0. The first-order chi connectivity index (χ1) is 7.38. The van der Waals surface area contributed by atoms with Crippen LogP contribution < -0.4 is 11.1 Å². The van der Waals surface area contributed by atoms with Gasteiger partial charge in [0.1, 0.15) is 5.82 Å². The average Bonchev–Trinajstić information content (AvgIpc) is 2.16. The minimum Gasteiger partial charge on any atom is -0.324 e. The van der Waals surface area contributed by atoms with Crippen LogP contribution in [0.25, 0.3) is 0 Å². The zero-order valence-electron chi connectivity index (χ0n) is 10.3. The van der Waals surface area contributed by atoms with Crippen LogP contribution in [0.2, 0.25) is 0 Å². The molecule has 0 aliphatic carbocycles. The largest absolute Gasteiger partial charge is 0.324 e. The van der Waals surface area contributed by atoms with Crippen molar-refractivity contribution in [1.29, 1.82) is 0 Å². The molecule has 0 fully saturated rings. The van der Waals surface area contributed by atoms with E-state index in [9.17, 15) is 4.39 Å². The van der Waals surface area contributed by atoms with Gasteiger partial charge in [0.2, 0.25) is 0 Å². The van der Waals surface area contributed by atoms with Gasteiger partial charge in [-0.2, -0.15) is 0 Å². The summed E-state index contributed by atoms with van der Waals surface area (Å²) in [5.41, 5.74) is 7.11. The van der Waals surface area contributed by atoms with Crippen molar-refractivity contribution in [2.45, 2.75) is 38.8 Å². The Hall–Kier alpha value is -0.930.